The summed E-state index contributed by atoms with van der Waals surface area (Å²) in [7, 11) is 1.70. The second kappa shape index (κ2) is 6.60. The summed E-state index contributed by atoms with van der Waals surface area (Å²) >= 11 is 0. The highest BCUT2D eigenvalue weighted by Gasteiger charge is 2.13. The molecule has 0 aromatic heterocycles. The Kier molecular flexibility index (Phi) is 5.42. The maximum atomic E-state index is 13.6. The fourth-order valence-electron chi connectivity index (χ4n) is 1.56. The van der Waals surface area contributed by atoms with Crippen LogP contribution in [0.3, 0.4) is 0 Å². The monoisotopic (exact) mass is 229 g/mol. The van der Waals surface area contributed by atoms with Crippen molar-refractivity contribution >= 4 is 5.91 Å². The third kappa shape index (κ3) is 3.90. The average molecular weight is 229 g/mol. The second-order valence-corrected chi connectivity index (χ2v) is 4.02. The summed E-state index contributed by atoms with van der Waals surface area (Å²) < 4.78 is 13.6. The minimum absolute atomic E-state index is 0.00185. The van der Waals surface area contributed by atoms with Gasteiger partial charge < -0.3 is 16.0 Å². The molecule has 16 heavy (non-hydrogen) atoms. The van der Waals surface area contributed by atoms with Gasteiger partial charge in [0.25, 0.3) is 0 Å². The van der Waals surface area contributed by atoms with Gasteiger partial charge in [-0.3, -0.25) is 4.79 Å². The number of carbonyl (C=O) groups excluding carboxylic acids is 1. The van der Waals surface area contributed by atoms with Crippen molar-refractivity contribution < 1.29 is 9.18 Å². The van der Waals surface area contributed by atoms with E-state index < -0.39 is 0 Å². The van der Waals surface area contributed by atoms with Gasteiger partial charge >= 0.3 is 0 Å². The first kappa shape index (κ1) is 13.1. The van der Waals surface area contributed by atoms with Crippen molar-refractivity contribution in [1.29, 1.82) is 0 Å². The van der Waals surface area contributed by atoms with Crippen LogP contribution in [0, 0.1) is 0 Å². The minimum Gasteiger partial charge on any atom is -0.348 e. The van der Waals surface area contributed by atoms with Crippen molar-refractivity contribution in [2.24, 2.45) is 0 Å². The lowest BCUT2D eigenvalue weighted by molar-refractivity contribution is -0.122. The topological polar surface area (TPSA) is 53.2 Å². The Morgan fingerprint density at radius 3 is 2.94 bits per heavy atom. The van der Waals surface area contributed by atoms with Gasteiger partial charge in [-0.25, -0.2) is 4.39 Å². The van der Waals surface area contributed by atoms with Crippen molar-refractivity contribution in [2.45, 2.75) is 25.8 Å². The highest BCUT2D eigenvalue weighted by Crippen LogP contribution is 2.14. The Labute approximate surface area is 95.7 Å². The number of piperidine rings is 1. The molecule has 1 amide bonds. The zero-order valence-electron chi connectivity index (χ0n) is 9.90. The molecular formula is C11H20FN3O. The van der Waals surface area contributed by atoms with E-state index in [2.05, 4.69) is 16.0 Å². The number of hydrogen-bond acceptors (Lipinski definition) is 3. The van der Waals surface area contributed by atoms with E-state index in [0.717, 1.165) is 25.0 Å². The van der Waals surface area contributed by atoms with Crippen LogP contribution in [-0.2, 0) is 4.79 Å². The summed E-state index contributed by atoms with van der Waals surface area (Å²) in [4.78, 5) is 11.4. The molecule has 1 heterocycles. The predicted octanol–water partition coefficient (Wildman–Crippen LogP) is 0.317. The second-order valence-electron chi connectivity index (χ2n) is 4.02. The molecule has 1 rings (SSSR count). The molecule has 0 radical (unpaired) electrons. The zero-order chi connectivity index (χ0) is 12.0. The van der Waals surface area contributed by atoms with Crippen LogP contribution in [0.25, 0.3) is 0 Å². The van der Waals surface area contributed by atoms with E-state index in [4.69, 9.17) is 0 Å². The third-order valence-corrected chi connectivity index (χ3v) is 2.80. The molecule has 3 N–H and O–H groups in total. The first-order chi connectivity index (χ1) is 7.65. The molecular weight excluding hydrogens is 209 g/mol. The van der Waals surface area contributed by atoms with E-state index in [1.54, 1.807) is 14.0 Å². The van der Waals surface area contributed by atoms with Crippen molar-refractivity contribution in [2.75, 3.05) is 26.7 Å². The van der Waals surface area contributed by atoms with Crippen LogP contribution in [0.5, 0.6) is 0 Å². The van der Waals surface area contributed by atoms with Crippen molar-refractivity contribution in [3.8, 4) is 0 Å². The number of carbonyl (C=O) groups is 1. The summed E-state index contributed by atoms with van der Waals surface area (Å²) in [5, 5.41) is 8.49. The normalized spacial score (nSPS) is 21.4. The quantitative estimate of drug-likeness (QED) is 0.650. The Balaban J connectivity index is 2.39. The van der Waals surface area contributed by atoms with E-state index >= 15 is 0 Å². The van der Waals surface area contributed by atoms with E-state index in [1.165, 1.54) is 0 Å². The molecule has 5 heteroatoms. The lowest BCUT2D eigenvalue weighted by Crippen LogP contribution is -2.41. The number of nitrogens with one attached hydrogen (secondary N) is 3. The lowest BCUT2D eigenvalue weighted by atomic mass is 10.1. The number of halogens is 1. The van der Waals surface area contributed by atoms with Crippen molar-refractivity contribution in [3.63, 3.8) is 0 Å². The molecule has 1 aliphatic heterocycles. The van der Waals surface area contributed by atoms with Crippen LogP contribution in [0.15, 0.2) is 11.4 Å². The van der Waals surface area contributed by atoms with Crippen molar-refractivity contribution in [1.82, 2.24) is 16.0 Å². The SMILES string of the molecule is CN[C@@H](C)C(=O)NCC(F)=C1CCCNC1. The Hall–Kier alpha value is -0.940. The molecule has 0 aliphatic carbocycles. The first-order valence-electron chi connectivity index (χ1n) is 5.67. The molecule has 0 aromatic carbocycles. The molecule has 92 valence electrons. The number of amides is 1. The van der Waals surface area contributed by atoms with Crippen LogP contribution >= 0.6 is 0 Å². The summed E-state index contributed by atoms with van der Waals surface area (Å²) in [6.45, 7) is 3.29. The largest absolute Gasteiger partial charge is 0.348 e. The Morgan fingerprint density at radius 1 is 1.62 bits per heavy atom. The maximum absolute atomic E-state index is 13.6. The third-order valence-electron chi connectivity index (χ3n) is 2.80. The molecule has 1 saturated heterocycles. The Morgan fingerprint density at radius 2 is 2.38 bits per heavy atom. The summed E-state index contributed by atoms with van der Waals surface area (Å²) in [6.07, 6.45) is 1.75. The van der Waals surface area contributed by atoms with Crippen LogP contribution < -0.4 is 16.0 Å². The smallest absolute Gasteiger partial charge is 0.237 e. The van der Waals surface area contributed by atoms with Gasteiger partial charge in [0.2, 0.25) is 5.91 Å². The molecule has 1 atom stereocenters. The molecule has 0 bridgehead atoms. The van der Waals surface area contributed by atoms with Gasteiger partial charge in [-0.15, -0.1) is 0 Å². The van der Waals surface area contributed by atoms with Gasteiger partial charge in [0.1, 0.15) is 5.83 Å². The summed E-state index contributed by atoms with van der Waals surface area (Å²) in [5.74, 6) is -0.383. The highest BCUT2D eigenvalue weighted by atomic mass is 19.1. The van der Waals surface area contributed by atoms with Gasteiger partial charge in [0, 0.05) is 6.54 Å². The van der Waals surface area contributed by atoms with Crippen LogP contribution in [-0.4, -0.2) is 38.6 Å². The molecule has 1 fully saturated rings. The van der Waals surface area contributed by atoms with Gasteiger partial charge in [-0.1, -0.05) is 0 Å². The molecule has 0 aromatic rings. The zero-order valence-corrected chi connectivity index (χ0v) is 9.90. The van der Waals surface area contributed by atoms with Crippen LogP contribution in [0.4, 0.5) is 4.39 Å². The maximum Gasteiger partial charge on any atom is 0.237 e. The van der Waals surface area contributed by atoms with Gasteiger partial charge in [-0.05, 0) is 38.9 Å². The van der Waals surface area contributed by atoms with E-state index in [9.17, 15) is 9.18 Å². The summed E-state index contributed by atoms with van der Waals surface area (Å²) in [6, 6.07) is -0.290. The highest BCUT2D eigenvalue weighted by molar-refractivity contribution is 5.81. The van der Waals surface area contributed by atoms with E-state index in [-0.39, 0.29) is 24.3 Å². The van der Waals surface area contributed by atoms with Gasteiger partial charge in [-0.2, -0.15) is 0 Å². The lowest BCUT2D eigenvalue weighted by Gasteiger charge is -2.17. The average Bonchev–Trinajstić information content (AvgIpc) is 2.35. The number of likely N-dealkylation sites (N-methyl/N-ethyl adjacent to an activating group) is 1. The van der Waals surface area contributed by atoms with E-state index in [0.29, 0.717) is 6.54 Å². The number of hydrogen-bond donors (Lipinski definition) is 3. The molecule has 1 aliphatic rings. The van der Waals surface area contributed by atoms with Crippen molar-refractivity contribution in [3.05, 3.63) is 11.4 Å². The molecule has 0 spiro atoms. The minimum atomic E-state index is -0.290. The molecule has 0 saturated carbocycles. The first-order valence-corrected chi connectivity index (χ1v) is 5.67. The fraction of sp³-hybridized carbons (Fsp3) is 0.727. The molecule has 4 nitrogen and oxygen atoms in total. The number of rotatable bonds is 4. The van der Waals surface area contributed by atoms with Crippen LogP contribution in [0.1, 0.15) is 19.8 Å². The fourth-order valence-corrected chi connectivity index (χ4v) is 1.56. The van der Waals surface area contributed by atoms with Gasteiger partial charge in [0.05, 0.1) is 12.6 Å². The summed E-state index contributed by atoms with van der Waals surface area (Å²) in [5.41, 5.74) is 0.781. The standard InChI is InChI=1S/C11H20FN3O/c1-8(13-2)11(16)15-7-10(12)9-4-3-5-14-6-9/h8,13-14H,3-7H2,1-2H3,(H,15,16)/t8-/m0/s1. The van der Waals surface area contributed by atoms with E-state index in [1.807, 2.05) is 0 Å². The Bertz CT molecular complexity index is 270. The predicted molar refractivity (Wildman–Crippen MR) is 61.8 cm³/mol. The van der Waals surface area contributed by atoms with Gasteiger partial charge in [0.15, 0.2) is 0 Å². The van der Waals surface area contributed by atoms with Crippen LogP contribution in [0.2, 0.25) is 0 Å². The molecule has 0 unspecified atom stereocenters.